The minimum absolute atomic E-state index is 0.0172. The maximum absolute atomic E-state index is 12.5. The topological polar surface area (TPSA) is 53.8 Å². The van der Waals surface area contributed by atoms with E-state index in [1.165, 1.54) is 10.4 Å². The van der Waals surface area contributed by atoms with Gasteiger partial charge in [-0.3, -0.25) is 4.90 Å². The molecule has 0 spiro atoms. The molecule has 1 fully saturated rings. The van der Waals surface area contributed by atoms with Crippen LogP contribution in [0.15, 0.2) is 39.8 Å². The Morgan fingerprint density at radius 3 is 2.36 bits per heavy atom. The van der Waals surface area contributed by atoms with Gasteiger partial charge in [0.1, 0.15) is 5.76 Å². The lowest BCUT2D eigenvalue weighted by atomic mass is 10.2. The van der Waals surface area contributed by atoms with Gasteiger partial charge in [0.05, 0.1) is 6.54 Å². The van der Waals surface area contributed by atoms with Crippen molar-refractivity contribution in [1.29, 1.82) is 0 Å². The van der Waals surface area contributed by atoms with Gasteiger partial charge in [-0.1, -0.05) is 23.2 Å². The van der Waals surface area contributed by atoms with Gasteiger partial charge < -0.3 is 4.42 Å². The summed E-state index contributed by atoms with van der Waals surface area (Å²) in [6.45, 7) is 2.23. The highest BCUT2D eigenvalue weighted by Gasteiger charge is 2.30. The molecule has 1 aliphatic rings. The number of hydrogen-bond acceptors (Lipinski definition) is 4. The third kappa shape index (κ3) is 4.57. The van der Waals surface area contributed by atoms with Gasteiger partial charge in [-0.25, -0.2) is 8.42 Å². The van der Waals surface area contributed by atoms with Crippen molar-refractivity contribution in [1.82, 2.24) is 9.21 Å². The Kier molecular flexibility index (Phi) is 5.75. The van der Waals surface area contributed by atoms with Crippen LogP contribution in [0.5, 0.6) is 0 Å². The molecule has 3 rings (SSSR count). The van der Waals surface area contributed by atoms with Gasteiger partial charge in [0, 0.05) is 29.7 Å². The predicted molar refractivity (Wildman–Crippen MR) is 98.3 cm³/mol. The van der Waals surface area contributed by atoms with Crippen LogP contribution in [0.1, 0.15) is 24.2 Å². The molecule has 1 saturated heterocycles. The Hall–Kier alpha value is -1.05. The summed E-state index contributed by atoms with van der Waals surface area (Å²) in [4.78, 5) is 2.01. The SMILES string of the molecule is CN(Cc1cc(Cl)cc(Cl)c1)Cc1ccc(S(=O)(=O)N2CCCC2)o1. The van der Waals surface area contributed by atoms with Gasteiger partial charge in [0.25, 0.3) is 10.0 Å². The predicted octanol–water partition coefficient (Wildman–Crippen LogP) is 4.00. The van der Waals surface area contributed by atoms with E-state index in [-0.39, 0.29) is 5.09 Å². The van der Waals surface area contributed by atoms with E-state index in [0.29, 0.717) is 42.0 Å². The largest absolute Gasteiger partial charge is 0.447 e. The molecule has 136 valence electrons. The number of hydrogen-bond donors (Lipinski definition) is 0. The second-order valence-corrected chi connectivity index (χ2v) is 9.02. The molecule has 1 aromatic carbocycles. The quantitative estimate of drug-likeness (QED) is 0.732. The maximum atomic E-state index is 12.5. The molecule has 2 heterocycles. The summed E-state index contributed by atoms with van der Waals surface area (Å²) < 4.78 is 32.1. The number of furan rings is 1. The van der Waals surface area contributed by atoms with Crippen molar-refractivity contribution in [2.24, 2.45) is 0 Å². The van der Waals surface area contributed by atoms with Crippen LogP contribution < -0.4 is 0 Å². The second kappa shape index (κ2) is 7.68. The molecular weight excluding hydrogens is 383 g/mol. The van der Waals surface area contributed by atoms with E-state index in [0.717, 1.165) is 18.4 Å². The summed E-state index contributed by atoms with van der Waals surface area (Å²) in [6, 6.07) is 8.65. The lowest BCUT2D eigenvalue weighted by Crippen LogP contribution is -2.27. The molecule has 0 amide bonds. The van der Waals surface area contributed by atoms with Crippen molar-refractivity contribution in [2.45, 2.75) is 31.0 Å². The van der Waals surface area contributed by atoms with Crippen molar-refractivity contribution in [2.75, 3.05) is 20.1 Å². The second-order valence-electron chi connectivity index (χ2n) is 6.28. The minimum Gasteiger partial charge on any atom is -0.447 e. The molecule has 25 heavy (non-hydrogen) atoms. The molecule has 0 atom stereocenters. The molecule has 0 radical (unpaired) electrons. The Bertz CT molecular complexity index is 825. The summed E-state index contributed by atoms with van der Waals surface area (Å²) >= 11 is 12.0. The van der Waals surface area contributed by atoms with Gasteiger partial charge in [-0.15, -0.1) is 0 Å². The first kappa shape index (κ1) is 18.7. The summed E-state index contributed by atoms with van der Waals surface area (Å²) in [5.41, 5.74) is 0.983. The molecule has 0 N–H and O–H groups in total. The zero-order valence-electron chi connectivity index (χ0n) is 13.9. The van der Waals surface area contributed by atoms with E-state index in [1.54, 1.807) is 12.1 Å². The third-order valence-corrected chi connectivity index (χ3v) is 6.31. The van der Waals surface area contributed by atoms with Crippen LogP contribution in [-0.4, -0.2) is 37.8 Å². The summed E-state index contributed by atoms with van der Waals surface area (Å²) in [5, 5.41) is 1.20. The van der Waals surface area contributed by atoms with Crippen LogP contribution in [0.25, 0.3) is 0 Å². The van der Waals surface area contributed by atoms with Gasteiger partial charge in [0.2, 0.25) is 5.09 Å². The van der Waals surface area contributed by atoms with Crippen LogP contribution in [0, 0.1) is 0 Å². The summed E-state index contributed by atoms with van der Waals surface area (Å²) in [5.74, 6) is 0.605. The molecule has 0 saturated carbocycles. The van der Waals surface area contributed by atoms with Crippen LogP contribution >= 0.6 is 23.2 Å². The van der Waals surface area contributed by atoms with Crippen LogP contribution in [0.3, 0.4) is 0 Å². The highest BCUT2D eigenvalue weighted by atomic mass is 35.5. The van der Waals surface area contributed by atoms with Crippen molar-refractivity contribution < 1.29 is 12.8 Å². The Labute approximate surface area is 158 Å². The first-order valence-corrected chi connectivity index (χ1v) is 10.3. The molecule has 1 aliphatic heterocycles. The fraction of sp³-hybridized carbons (Fsp3) is 0.412. The standard InChI is InChI=1S/C17H20Cl2N2O3S/c1-20(11-13-8-14(18)10-15(19)9-13)12-16-4-5-17(24-16)25(22,23)21-6-2-3-7-21/h4-5,8-10H,2-3,6-7,11-12H2,1H3. The van der Waals surface area contributed by atoms with E-state index >= 15 is 0 Å². The molecule has 0 aliphatic carbocycles. The van der Waals surface area contributed by atoms with Gasteiger partial charge in [-0.2, -0.15) is 4.31 Å². The number of sulfonamides is 1. The van der Waals surface area contributed by atoms with E-state index < -0.39 is 10.0 Å². The lowest BCUT2D eigenvalue weighted by Gasteiger charge is -2.16. The average Bonchev–Trinajstić information content (AvgIpc) is 3.17. The smallest absolute Gasteiger partial charge is 0.276 e. The van der Waals surface area contributed by atoms with E-state index in [4.69, 9.17) is 27.6 Å². The van der Waals surface area contributed by atoms with E-state index in [2.05, 4.69) is 0 Å². The fourth-order valence-corrected chi connectivity index (χ4v) is 4.99. The Morgan fingerprint density at radius 2 is 1.72 bits per heavy atom. The fourth-order valence-electron chi connectivity index (χ4n) is 2.97. The average molecular weight is 403 g/mol. The molecule has 5 nitrogen and oxygen atoms in total. The number of rotatable bonds is 6. The van der Waals surface area contributed by atoms with Gasteiger partial charge >= 0.3 is 0 Å². The lowest BCUT2D eigenvalue weighted by molar-refractivity contribution is 0.273. The van der Waals surface area contributed by atoms with Crippen molar-refractivity contribution in [3.8, 4) is 0 Å². The summed E-state index contributed by atoms with van der Waals surface area (Å²) in [6.07, 6.45) is 1.80. The molecule has 0 unspecified atom stereocenters. The third-order valence-electron chi connectivity index (χ3n) is 4.10. The molecule has 8 heteroatoms. The van der Waals surface area contributed by atoms with E-state index in [1.807, 2.05) is 24.1 Å². The monoisotopic (exact) mass is 402 g/mol. The highest BCUT2D eigenvalue weighted by molar-refractivity contribution is 7.89. The number of halogens is 2. The normalized spacial score (nSPS) is 16.0. The van der Waals surface area contributed by atoms with Crippen molar-refractivity contribution in [3.05, 3.63) is 51.7 Å². The van der Waals surface area contributed by atoms with Crippen LogP contribution in [0.2, 0.25) is 10.0 Å². The van der Waals surface area contributed by atoms with Crippen molar-refractivity contribution >= 4 is 33.2 Å². The zero-order chi connectivity index (χ0) is 18.0. The first-order valence-electron chi connectivity index (χ1n) is 8.07. The van der Waals surface area contributed by atoms with E-state index in [9.17, 15) is 8.42 Å². The molecular formula is C17H20Cl2N2O3S. The molecule has 0 bridgehead atoms. The molecule has 2 aromatic rings. The first-order chi connectivity index (χ1) is 11.8. The number of benzene rings is 1. The van der Waals surface area contributed by atoms with Crippen LogP contribution in [0.4, 0.5) is 0 Å². The van der Waals surface area contributed by atoms with Gasteiger partial charge in [0.15, 0.2) is 0 Å². The zero-order valence-corrected chi connectivity index (χ0v) is 16.2. The Morgan fingerprint density at radius 1 is 1.08 bits per heavy atom. The minimum atomic E-state index is -3.51. The highest BCUT2D eigenvalue weighted by Crippen LogP contribution is 2.24. The van der Waals surface area contributed by atoms with Crippen LogP contribution in [-0.2, 0) is 23.1 Å². The number of nitrogens with zero attached hydrogens (tertiary/aromatic N) is 2. The maximum Gasteiger partial charge on any atom is 0.276 e. The van der Waals surface area contributed by atoms with Gasteiger partial charge in [-0.05, 0) is 55.8 Å². The Balaban J connectivity index is 1.66. The van der Waals surface area contributed by atoms with Crippen molar-refractivity contribution in [3.63, 3.8) is 0 Å². The molecule has 1 aromatic heterocycles. The summed E-state index contributed by atoms with van der Waals surface area (Å²) in [7, 11) is -1.59.